The molecule has 0 unspecified atom stereocenters. The molecule has 0 amide bonds. The second-order valence-corrected chi connectivity index (χ2v) is 5.83. The van der Waals surface area contributed by atoms with E-state index in [-0.39, 0.29) is 0 Å². The number of rotatable bonds is 1. The molecule has 3 rings (SSSR count). The minimum absolute atomic E-state index is 0.836. The molecule has 0 spiro atoms. The quantitative estimate of drug-likeness (QED) is 0.737. The molecule has 3 heterocycles. The summed E-state index contributed by atoms with van der Waals surface area (Å²) in [6.07, 6.45) is 1.34. The summed E-state index contributed by atoms with van der Waals surface area (Å²) in [5.74, 6) is 2.62. The highest BCUT2D eigenvalue weighted by Crippen LogP contribution is 2.33. The maximum atomic E-state index is 4.49. The largest absolute Gasteiger partial charge is 0.346 e. The summed E-state index contributed by atoms with van der Waals surface area (Å²) in [6, 6.07) is 0. The SMILES string of the molecule is Cc1nsc(N2C[C@H]3CN(C)CC[C@H]3C2)n1. The van der Waals surface area contributed by atoms with Crippen LogP contribution < -0.4 is 4.90 Å². The number of piperidine rings is 1. The number of hydrogen-bond acceptors (Lipinski definition) is 5. The van der Waals surface area contributed by atoms with E-state index in [4.69, 9.17) is 0 Å². The zero-order chi connectivity index (χ0) is 11.1. The molecule has 16 heavy (non-hydrogen) atoms. The van der Waals surface area contributed by atoms with Gasteiger partial charge in [0.05, 0.1) is 0 Å². The highest BCUT2D eigenvalue weighted by molar-refractivity contribution is 7.09. The van der Waals surface area contributed by atoms with Crippen molar-refractivity contribution in [3.63, 3.8) is 0 Å². The van der Waals surface area contributed by atoms with Crippen LogP contribution in [-0.4, -0.2) is 47.5 Å². The summed E-state index contributed by atoms with van der Waals surface area (Å²) < 4.78 is 4.27. The Kier molecular flexibility index (Phi) is 2.59. The molecule has 2 fully saturated rings. The molecule has 0 N–H and O–H groups in total. The molecule has 0 saturated carbocycles. The van der Waals surface area contributed by atoms with Gasteiger partial charge in [-0.1, -0.05) is 0 Å². The summed E-state index contributed by atoms with van der Waals surface area (Å²) in [5, 5.41) is 1.12. The van der Waals surface area contributed by atoms with E-state index in [2.05, 4.69) is 26.2 Å². The lowest BCUT2D eigenvalue weighted by Gasteiger charge is -2.31. The van der Waals surface area contributed by atoms with Crippen LogP contribution in [-0.2, 0) is 0 Å². The lowest BCUT2D eigenvalue weighted by molar-refractivity contribution is 0.178. The van der Waals surface area contributed by atoms with Crippen molar-refractivity contribution >= 4 is 16.7 Å². The fourth-order valence-corrected chi connectivity index (χ4v) is 3.61. The molecule has 88 valence electrons. The summed E-state index contributed by atoms with van der Waals surface area (Å²) in [5.41, 5.74) is 0. The Labute approximate surface area is 100 Å². The first kappa shape index (κ1) is 10.5. The maximum absolute atomic E-state index is 4.49. The Hall–Kier alpha value is -0.680. The molecular weight excluding hydrogens is 220 g/mol. The molecule has 1 aromatic rings. The molecule has 4 nitrogen and oxygen atoms in total. The predicted molar refractivity (Wildman–Crippen MR) is 66.0 cm³/mol. The highest BCUT2D eigenvalue weighted by atomic mass is 32.1. The first-order valence-corrected chi connectivity index (χ1v) is 6.73. The fourth-order valence-electron chi connectivity index (χ4n) is 2.92. The molecular formula is C11H18N4S. The molecule has 0 bridgehead atoms. The van der Waals surface area contributed by atoms with Gasteiger partial charge < -0.3 is 9.80 Å². The number of fused-ring (bicyclic) bond motifs is 1. The van der Waals surface area contributed by atoms with Gasteiger partial charge in [-0.2, -0.15) is 4.37 Å². The molecule has 0 aromatic carbocycles. The first-order chi connectivity index (χ1) is 7.72. The van der Waals surface area contributed by atoms with Gasteiger partial charge in [0.2, 0.25) is 5.13 Å². The van der Waals surface area contributed by atoms with Gasteiger partial charge in [-0.15, -0.1) is 0 Å². The van der Waals surface area contributed by atoms with Crippen LogP contribution in [0.25, 0.3) is 0 Å². The normalized spacial score (nSPS) is 30.8. The molecule has 5 heteroatoms. The van der Waals surface area contributed by atoms with E-state index in [0.717, 1.165) is 22.8 Å². The Morgan fingerprint density at radius 1 is 1.25 bits per heavy atom. The second-order valence-electron chi connectivity index (χ2n) is 5.10. The number of aryl methyl sites for hydroxylation is 1. The average molecular weight is 238 g/mol. The maximum Gasteiger partial charge on any atom is 0.205 e. The number of anilines is 1. The van der Waals surface area contributed by atoms with Gasteiger partial charge in [0.1, 0.15) is 5.82 Å². The van der Waals surface area contributed by atoms with Gasteiger partial charge in [0, 0.05) is 31.2 Å². The standard InChI is InChI=1S/C11H18N4S/c1-8-12-11(16-13-8)15-6-9-3-4-14(2)5-10(9)7-15/h9-10H,3-7H2,1-2H3/t9-,10+/m0/s1. The molecule has 2 aliphatic heterocycles. The average Bonchev–Trinajstić information content (AvgIpc) is 2.83. The Bertz CT molecular complexity index is 378. The van der Waals surface area contributed by atoms with E-state index < -0.39 is 0 Å². The van der Waals surface area contributed by atoms with Crippen molar-refractivity contribution in [2.45, 2.75) is 13.3 Å². The topological polar surface area (TPSA) is 32.3 Å². The zero-order valence-corrected chi connectivity index (χ0v) is 10.7. The van der Waals surface area contributed by atoms with Crippen LogP contribution in [0.15, 0.2) is 0 Å². The predicted octanol–water partition coefficient (Wildman–Crippen LogP) is 1.23. The summed E-state index contributed by atoms with van der Waals surface area (Å²) >= 11 is 1.54. The third-order valence-corrected chi connectivity index (χ3v) is 4.66. The van der Waals surface area contributed by atoms with Crippen molar-refractivity contribution in [3.05, 3.63) is 5.82 Å². The fraction of sp³-hybridized carbons (Fsp3) is 0.818. The Balaban J connectivity index is 1.72. The van der Waals surface area contributed by atoms with Crippen LogP contribution in [0.1, 0.15) is 12.2 Å². The zero-order valence-electron chi connectivity index (χ0n) is 9.89. The van der Waals surface area contributed by atoms with Crippen molar-refractivity contribution in [1.82, 2.24) is 14.3 Å². The summed E-state index contributed by atoms with van der Waals surface area (Å²) in [4.78, 5) is 9.37. The van der Waals surface area contributed by atoms with Gasteiger partial charge in [-0.25, -0.2) is 4.98 Å². The molecule has 0 radical (unpaired) electrons. The summed E-state index contributed by atoms with van der Waals surface area (Å²) in [6.45, 7) is 6.83. The van der Waals surface area contributed by atoms with E-state index in [1.54, 1.807) is 11.5 Å². The minimum atomic E-state index is 0.836. The van der Waals surface area contributed by atoms with Crippen molar-refractivity contribution in [2.24, 2.45) is 11.8 Å². The minimum Gasteiger partial charge on any atom is -0.346 e. The van der Waals surface area contributed by atoms with Gasteiger partial charge >= 0.3 is 0 Å². The number of aromatic nitrogens is 2. The molecule has 0 aliphatic carbocycles. The van der Waals surface area contributed by atoms with Gasteiger partial charge in [0.15, 0.2) is 0 Å². The van der Waals surface area contributed by atoms with Crippen molar-refractivity contribution in [3.8, 4) is 0 Å². The van der Waals surface area contributed by atoms with Crippen LogP contribution >= 0.6 is 11.5 Å². The van der Waals surface area contributed by atoms with Crippen LogP contribution in [0.2, 0.25) is 0 Å². The molecule has 1 aromatic heterocycles. The van der Waals surface area contributed by atoms with Crippen molar-refractivity contribution in [2.75, 3.05) is 38.1 Å². The number of likely N-dealkylation sites (tertiary alicyclic amines) is 1. The monoisotopic (exact) mass is 238 g/mol. The number of nitrogens with zero attached hydrogens (tertiary/aromatic N) is 4. The van der Waals surface area contributed by atoms with Crippen LogP contribution in [0.5, 0.6) is 0 Å². The molecule has 2 saturated heterocycles. The lowest BCUT2D eigenvalue weighted by Crippen LogP contribution is -2.37. The van der Waals surface area contributed by atoms with Crippen molar-refractivity contribution in [1.29, 1.82) is 0 Å². The van der Waals surface area contributed by atoms with Crippen molar-refractivity contribution < 1.29 is 0 Å². The Morgan fingerprint density at radius 2 is 2.06 bits per heavy atom. The Morgan fingerprint density at radius 3 is 2.81 bits per heavy atom. The first-order valence-electron chi connectivity index (χ1n) is 5.96. The third kappa shape index (κ3) is 1.82. The van der Waals surface area contributed by atoms with Crippen LogP contribution in [0, 0.1) is 18.8 Å². The molecule has 2 atom stereocenters. The van der Waals surface area contributed by atoms with Crippen LogP contribution in [0.4, 0.5) is 5.13 Å². The third-order valence-electron chi connectivity index (χ3n) is 3.79. The second kappa shape index (κ2) is 3.96. The lowest BCUT2D eigenvalue weighted by atomic mass is 9.89. The van der Waals surface area contributed by atoms with Gasteiger partial charge in [-0.3, -0.25) is 0 Å². The van der Waals surface area contributed by atoms with E-state index in [0.29, 0.717) is 0 Å². The van der Waals surface area contributed by atoms with Gasteiger partial charge in [-0.05, 0) is 38.8 Å². The van der Waals surface area contributed by atoms with E-state index >= 15 is 0 Å². The highest BCUT2D eigenvalue weighted by Gasteiger charge is 2.37. The van der Waals surface area contributed by atoms with E-state index in [1.807, 2.05) is 6.92 Å². The smallest absolute Gasteiger partial charge is 0.205 e. The summed E-state index contributed by atoms with van der Waals surface area (Å²) in [7, 11) is 2.23. The van der Waals surface area contributed by atoms with E-state index in [9.17, 15) is 0 Å². The van der Waals surface area contributed by atoms with E-state index in [1.165, 1.54) is 32.6 Å². The van der Waals surface area contributed by atoms with Gasteiger partial charge in [0.25, 0.3) is 0 Å². The van der Waals surface area contributed by atoms with Crippen LogP contribution in [0.3, 0.4) is 0 Å². The molecule has 2 aliphatic rings. The number of hydrogen-bond donors (Lipinski definition) is 0.